The van der Waals surface area contributed by atoms with E-state index in [1.54, 1.807) is 0 Å². The molecule has 88 valence electrons. The average molecular weight is 237 g/mol. The molecular weight excluding hydrogens is 222 g/mol. The Kier molecular flexibility index (Phi) is 4.30. The Morgan fingerprint density at radius 1 is 1.53 bits per heavy atom. The summed E-state index contributed by atoms with van der Waals surface area (Å²) in [5.41, 5.74) is 0. The Morgan fingerprint density at radius 3 is 2.80 bits per heavy atom. The van der Waals surface area contributed by atoms with Gasteiger partial charge in [0.25, 0.3) is 0 Å². The van der Waals surface area contributed by atoms with Crippen LogP contribution < -0.4 is 15.8 Å². The zero-order valence-corrected chi connectivity index (χ0v) is 9.05. The van der Waals surface area contributed by atoms with Crippen LogP contribution in [0.5, 0.6) is 0 Å². The molecule has 15 heavy (non-hydrogen) atoms. The SMILES string of the molecule is NS(=O)(=O)CCNC(=O)NC1CCOC1. The molecule has 0 aromatic heterocycles. The van der Waals surface area contributed by atoms with Gasteiger partial charge in [-0.2, -0.15) is 0 Å². The Bertz CT molecular complexity index is 310. The molecule has 2 amide bonds. The first-order valence-electron chi connectivity index (χ1n) is 4.60. The molecule has 1 rings (SSSR count). The van der Waals surface area contributed by atoms with Gasteiger partial charge in [0, 0.05) is 13.2 Å². The summed E-state index contributed by atoms with van der Waals surface area (Å²) in [4.78, 5) is 11.2. The van der Waals surface area contributed by atoms with Gasteiger partial charge in [-0.1, -0.05) is 0 Å². The highest BCUT2D eigenvalue weighted by atomic mass is 32.2. The van der Waals surface area contributed by atoms with E-state index in [9.17, 15) is 13.2 Å². The maximum absolute atomic E-state index is 11.2. The Balaban J connectivity index is 2.13. The highest BCUT2D eigenvalue weighted by Crippen LogP contribution is 2.02. The van der Waals surface area contributed by atoms with Gasteiger partial charge < -0.3 is 15.4 Å². The Hall–Kier alpha value is -0.860. The number of hydrogen-bond acceptors (Lipinski definition) is 4. The molecule has 7 nitrogen and oxygen atoms in total. The zero-order chi connectivity index (χ0) is 11.3. The molecular formula is C7H15N3O4S. The van der Waals surface area contributed by atoms with Gasteiger partial charge >= 0.3 is 6.03 Å². The number of ether oxygens (including phenoxy) is 1. The summed E-state index contributed by atoms with van der Waals surface area (Å²) in [5, 5.41) is 9.82. The second-order valence-electron chi connectivity index (χ2n) is 3.33. The number of nitrogens with one attached hydrogen (secondary N) is 2. The molecule has 0 aromatic carbocycles. The van der Waals surface area contributed by atoms with Gasteiger partial charge in [0.15, 0.2) is 0 Å². The largest absolute Gasteiger partial charge is 0.379 e. The lowest BCUT2D eigenvalue weighted by Crippen LogP contribution is -2.44. The minimum Gasteiger partial charge on any atom is -0.379 e. The van der Waals surface area contributed by atoms with Gasteiger partial charge in [-0.3, -0.25) is 0 Å². The number of carbonyl (C=O) groups is 1. The van der Waals surface area contributed by atoms with Crippen molar-refractivity contribution < 1.29 is 17.9 Å². The minimum absolute atomic E-state index is 0.0121. The highest BCUT2D eigenvalue weighted by molar-refractivity contribution is 7.89. The van der Waals surface area contributed by atoms with Crippen LogP contribution in [0.4, 0.5) is 4.79 Å². The lowest BCUT2D eigenvalue weighted by atomic mass is 10.3. The van der Waals surface area contributed by atoms with Gasteiger partial charge in [0.05, 0.1) is 18.4 Å². The number of nitrogens with two attached hydrogens (primary N) is 1. The molecule has 0 aliphatic carbocycles. The molecule has 1 atom stereocenters. The number of amides is 2. The molecule has 0 radical (unpaired) electrons. The smallest absolute Gasteiger partial charge is 0.315 e. The summed E-state index contributed by atoms with van der Waals surface area (Å²) >= 11 is 0. The first kappa shape index (κ1) is 12.2. The fraction of sp³-hybridized carbons (Fsp3) is 0.857. The number of urea groups is 1. The van der Waals surface area contributed by atoms with Gasteiger partial charge in [0.2, 0.25) is 10.0 Å². The normalized spacial score (nSPS) is 21.3. The molecule has 1 fully saturated rings. The summed E-state index contributed by atoms with van der Waals surface area (Å²) in [6, 6.07) is -0.381. The van der Waals surface area contributed by atoms with Crippen LogP contribution in [0, 0.1) is 0 Å². The van der Waals surface area contributed by atoms with Crippen molar-refractivity contribution in [3.63, 3.8) is 0 Å². The van der Waals surface area contributed by atoms with E-state index in [4.69, 9.17) is 9.88 Å². The summed E-state index contributed by atoms with van der Waals surface area (Å²) in [6.07, 6.45) is 0.780. The molecule has 1 aliphatic rings. The maximum atomic E-state index is 11.2. The first-order chi connectivity index (χ1) is 6.97. The van der Waals surface area contributed by atoms with Crippen LogP contribution >= 0.6 is 0 Å². The molecule has 0 spiro atoms. The van der Waals surface area contributed by atoms with Crippen molar-refractivity contribution in [3.05, 3.63) is 0 Å². The monoisotopic (exact) mass is 237 g/mol. The third-order valence-corrected chi connectivity index (χ3v) is 2.71. The number of carbonyl (C=O) groups excluding carboxylic acids is 1. The first-order valence-corrected chi connectivity index (χ1v) is 6.31. The number of rotatable bonds is 4. The second-order valence-corrected chi connectivity index (χ2v) is 5.06. The van der Waals surface area contributed by atoms with Crippen LogP contribution in [-0.2, 0) is 14.8 Å². The van der Waals surface area contributed by atoms with Crippen LogP contribution in [0.25, 0.3) is 0 Å². The molecule has 8 heteroatoms. The summed E-state index contributed by atoms with van der Waals surface area (Å²) in [6.45, 7) is 1.16. The van der Waals surface area contributed by atoms with E-state index in [2.05, 4.69) is 10.6 Å². The maximum Gasteiger partial charge on any atom is 0.315 e. The number of primary sulfonamides is 1. The molecule has 1 saturated heterocycles. The van der Waals surface area contributed by atoms with Crippen LogP contribution in [-0.4, -0.2) is 46.0 Å². The average Bonchev–Trinajstić information content (AvgIpc) is 2.54. The third-order valence-electron chi connectivity index (χ3n) is 1.94. The van der Waals surface area contributed by atoms with Crippen LogP contribution in [0.3, 0.4) is 0 Å². The predicted molar refractivity (Wildman–Crippen MR) is 53.7 cm³/mol. The fourth-order valence-electron chi connectivity index (χ4n) is 1.19. The molecule has 0 aromatic rings. The van der Waals surface area contributed by atoms with Crippen molar-refractivity contribution in [3.8, 4) is 0 Å². The van der Waals surface area contributed by atoms with Crippen molar-refractivity contribution in [1.82, 2.24) is 10.6 Å². The van der Waals surface area contributed by atoms with E-state index >= 15 is 0 Å². The second kappa shape index (κ2) is 5.29. The van der Waals surface area contributed by atoms with Gasteiger partial charge in [-0.15, -0.1) is 0 Å². The van der Waals surface area contributed by atoms with Crippen LogP contribution in [0.1, 0.15) is 6.42 Å². The van der Waals surface area contributed by atoms with Crippen LogP contribution in [0.15, 0.2) is 0 Å². The van der Waals surface area contributed by atoms with Crippen LogP contribution in [0.2, 0.25) is 0 Å². The van der Waals surface area contributed by atoms with E-state index in [1.165, 1.54) is 0 Å². The van der Waals surface area contributed by atoms with E-state index < -0.39 is 16.1 Å². The minimum atomic E-state index is -3.51. The number of hydrogen-bond donors (Lipinski definition) is 3. The zero-order valence-electron chi connectivity index (χ0n) is 8.23. The van der Waals surface area contributed by atoms with Gasteiger partial charge in [-0.05, 0) is 6.42 Å². The topological polar surface area (TPSA) is 111 Å². The standard InChI is InChI=1S/C7H15N3O4S/c8-15(12,13)4-2-9-7(11)10-6-1-3-14-5-6/h6H,1-5H2,(H2,8,12,13)(H2,9,10,11). The quantitative estimate of drug-likeness (QED) is 0.544. The van der Waals surface area contributed by atoms with Crippen molar-refractivity contribution >= 4 is 16.1 Å². The summed E-state index contributed by atoms with van der Waals surface area (Å²) in [5.74, 6) is -0.262. The van der Waals surface area contributed by atoms with Crippen molar-refractivity contribution in [2.24, 2.45) is 5.14 Å². The van der Waals surface area contributed by atoms with Gasteiger partial charge in [0.1, 0.15) is 0 Å². The predicted octanol–water partition coefficient (Wildman–Crippen LogP) is -1.64. The molecule has 4 N–H and O–H groups in total. The molecule has 1 heterocycles. The van der Waals surface area contributed by atoms with E-state index in [0.717, 1.165) is 6.42 Å². The lowest BCUT2D eigenvalue weighted by Gasteiger charge is -2.11. The van der Waals surface area contributed by atoms with Gasteiger partial charge in [-0.25, -0.2) is 18.4 Å². The molecule has 1 aliphatic heterocycles. The lowest BCUT2D eigenvalue weighted by molar-refractivity contribution is 0.188. The highest BCUT2D eigenvalue weighted by Gasteiger charge is 2.17. The number of sulfonamides is 1. The molecule has 0 saturated carbocycles. The van der Waals surface area contributed by atoms with E-state index in [1.807, 2.05) is 0 Å². The van der Waals surface area contributed by atoms with Crippen molar-refractivity contribution in [1.29, 1.82) is 0 Å². The molecule has 0 bridgehead atoms. The van der Waals surface area contributed by atoms with Crippen molar-refractivity contribution in [2.45, 2.75) is 12.5 Å². The Labute approximate surface area is 88.4 Å². The molecule has 1 unspecified atom stereocenters. The Morgan fingerprint density at radius 2 is 2.27 bits per heavy atom. The van der Waals surface area contributed by atoms with E-state index in [-0.39, 0.29) is 18.3 Å². The van der Waals surface area contributed by atoms with E-state index in [0.29, 0.717) is 13.2 Å². The fourth-order valence-corrected chi connectivity index (χ4v) is 1.58. The third kappa shape index (κ3) is 5.55. The summed E-state index contributed by atoms with van der Waals surface area (Å²) in [7, 11) is -3.51. The summed E-state index contributed by atoms with van der Waals surface area (Å²) < 4.78 is 26.1. The van der Waals surface area contributed by atoms with Crippen molar-refractivity contribution in [2.75, 3.05) is 25.5 Å².